The summed E-state index contributed by atoms with van der Waals surface area (Å²) in [5, 5.41) is 3.64. The van der Waals surface area contributed by atoms with E-state index in [2.05, 4.69) is 10.2 Å². The molecule has 1 aromatic heterocycles. The van der Waals surface area contributed by atoms with E-state index in [0.29, 0.717) is 5.56 Å². The first-order chi connectivity index (χ1) is 9.01. The first kappa shape index (κ1) is 13.9. The predicted molar refractivity (Wildman–Crippen MR) is 66.6 cm³/mol. The van der Waals surface area contributed by atoms with Crippen LogP contribution in [0.2, 0.25) is 0 Å². The number of hydrogen-bond acceptors (Lipinski definition) is 4. The number of rotatable bonds is 4. The zero-order valence-electron chi connectivity index (χ0n) is 9.65. The van der Waals surface area contributed by atoms with Gasteiger partial charge in [-0.15, -0.1) is 13.2 Å². The van der Waals surface area contributed by atoms with Gasteiger partial charge in [0.2, 0.25) is 0 Å². The molecule has 3 nitrogen and oxygen atoms in total. The summed E-state index contributed by atoms with van der Waals surface area (Å²) in [5.74, 6) is 5.19. The highest BCUT2D eigenvalue weighted by Gasteiger charge is 2.33. The Morgan fingerprint density at radius 3 is 2.53 bits per heavy atom. The van der Waals surface area contributed by atoms with Crippen LogP contribution in [0.15, 0.2) is 41.1 Å². The van der Waals surface area contributed by atoms with E-state index in [0.717, 1.165) is 5.56 Å². The van der Waals surface area contributed by atoms with E-state index < -0.39 is 12.4 Å². The monoisotopic (exact) mass is 288 g/mol. The molecule has 3 N–H and O–H groups in total. The van der Waals surface area contributed by atoms with Crippen molar-refractivity contribution < 1.29 is 17.9 Å². The van der Waals surface area contributed by atoms with Crippen molar-refractivity contribution in [3.05, 3.63) is 52.2 Å². The van der Waals surface area contributed by atoms with Gasteiger partial charge in [-0.25, -0.2) is 5.43 Å². The van der Waals surface area contributed by atoms with Crippen molar-refractivity contribution >= 4 is 11.3 Å². The Morgan fingerprint density at radius 1 is 1.21 bits per heavy atom. The van der Waals surface area contributed by atoms with Gasteiger partial charge in [-0.05, 0) is 28.5 Å². The molecule has 0 fully saturated rings. The summed E-state index contributed by atoms with van der Waals surface area (Å²) in [6, 6.07) is 7.16. The highest BCUT2D eigenvalue weighted by Crippen LogP contribution is 2.33. The van der Waals surface area contributed by atoms with Crippen molar-refractivity contribution in [2.75, 3.05) is 0 Å². The molecule has 0 bridgehead atoms. The lowest BCUT2D eigenvalue weighted by molar-refractivity contribution is -0.275. The van der Waals surface area contributed by atoms with E-state index >= 15 is 0 Å². The average molecular weight is 288 g/mol. The summed E-state index contributed by atoms with van der Waals surface area (Å²) >= 11 is 1.44. The summed E-state index contributed by atoms with van der Waals surface area (Å²) in [5.41, 5.74) is 3.62. The van der Waals surface area contributed by atoms with Crippen LogP contribution in [0, 0.1) is 0 Å². The minimum Gasteiger partial charge on any atom is -0.405 e. The number of para-hydroxylation sites is 1. The molecular weight excluding hydrogens is 277 g/mol. The van der Waals surface area contributed by atoms with Gasteiger partial charge >= 0.3 is 6.36 Å². The van der Waals surface area contributed by atoms with Gasteiger partial charge in [0.15, 0.2) is 0 Å². The molecule has 0 aliphatic rings. The Morgan fingerprint density at radius 2 is 1.95 bits per heavy atom. The highest BCUT2D eigenvalue weighted by molar-refractivity contribution is 7.08. The molecule has 2 aromatic rings. The van der Waals surface area contributed by atoms with Crippen LogP contribution in [0.25, 0.3) is 0 Å². The number of hydrogen-bond donors (Lipinski definition) is 2. The number of halogens is 3. The van der Waals surface area contributed by atoms with Crippen LogP contribution in [0.5, 0.6) is 5.75 Å². The van der Waals surface area contributed by atoms with Crippen molar-refractivity contribution in [3.8, 4) is 5.75 Å². The quantitative estimate of drug-likeness (QED) is 0.671. The molecule has 1 atom stereocenters. The topological polar surface area (TPSA) is 47.3 Å². The van der Waals surface area contributed by atoms with Crippen LogP contribution in [-0.4, -0.2) is 6.36 Å². The van der Waals surface area contributed by atoms with Crippen molar-refractivity contribution in [2.24, 2.45) is 5.84 Å². The maximum absolute atomic E-state index is 12.4. The second-order valence-electron chi connectivity index (χ2n) is 3.74. The smallest absolute Gasteiger partial charge is 0.405 e. The molecule has 19 heavy (non-hydrogen) atoms. The van der Waals surface area contributed by atoms with Gasteiger partial charge in [0, 0.05) is 5.56 Å². The standard InChI is InChI=1S/C12H11F3N2OS/c13-12(14,15)18-10-4-2-1-3-9(10)11(17-16)8-5-6-19-7-8/h1-7,11,17H,16H2. The lowest BCUT2D eigenvalue weighted by Gasteiger charge is -2.19. The molecule has 1 aromatic carbocycles. The molecule has 0 saturated heterocycles. The van der Waals surface area contributed by atoms with Gasteiger partial charge in [0.05, 0.1) is 6.04 Å². The van der Waals surface area contributed by atoms with E-state index in [4.69, 9.17) is 5.84 Å². The van der Waals surface area contributed by atoms with Crippen molar-refractivity contribution in [3.63, 3.8) is 0 Å². The average Bonchev–Trinajstić information content (AvgIpc) is 2.84. The third-order valence-electron chi connectivity index (χ3n) is 2.50. The first-order valence-corrected chi connectivity index (χ1v) is 6.28. The normalized spacial score (nSPS) is 13.3. The molecule has 0 aliphatic heterocycles. The van der Waals surface area contributed by atoms with Crippen molar-refractivity contribution in [2.45, 2.75) is 12.4 Å². The molecule has 7 heteroatoms. The fourth-order valence-electron chi connectivity index (χ4n) is 1.74. The Labute approximate surface area is 111 Å². The Balaban J connectivity index is 2.38. The zero-order chi connectivity index (χ0) is 13.9. The second kappa shape index (κ2) is 5.60. The Bertz CT molecular complexity index is 528. The van der Waals surface area contributed by atoms with Gasteiger partial charge in [-0.2, -0.15) is 11.3 Å². The first-order valence-electron chi connectivity index (χ1n) is 5.34. The van der Waals surface area contributed by atoms with Crippen LogP contribution in [0.3, 0.4) is 0 Å². The Kier molecular flexibility index (Phi) is 4.08. The van der Waals surface area contributed by atoms with Crippen LogP contribution < -0.4 is 16.0 Å². The zero-order valence-corrected chi connectivity index (χ0v) is 10.5. The van der Waals surface area contributed by atoms with Gasteiger partial charge in [0.1, 0.15) is 5.75 Å². The molecule has 1 unspecified atom stereocenters. The van der Waals surface area contributed by atoms with E-state index in [9.17, 15) is 13.2 Å². The van der Waals surface area contributed by atoms with Crippen molar-refractivity contribution in [1.29, 1.82) is 0 Å². The molecule has 102 valence electrons. The van der Waals surface area contributed by atoms with E-state index in [1.807, 2.05) is 10.8 Å². The lowest BCUT2D eigenvalue weighted by Crippen LogP contribution is -2.29. The molecule has 2 rings (SSSR count). The third-order valence-corrected chi connectivity index (χ3v) is 3.20. The molecule has 0 radical (unpaired) electrons. The number of alkyl halides is 3. The molecule has 0 aliphatic carbocycles. The second-order valence-corrected chi connectivity index (χ2v) is 4.52. The van der Waals surface area contributed by atoms with E-state index in [1.54, 1.807) is 18.2 Å². The van der Waals surface area contributed by atoms with Gasteiger partial charge in [0.25, 0.3) is 0 Å². The summed E-state index contributed by atoms with van der Waals surface area (Å²) in [6.45, 7) is 0. The SMILES string of the molecule is NNC(c1ccsc1)c1ccccc1OC(F)(F)F. The van der Waals surface area contributed by atoms with Crippen LogP contribution in [-0.2, 0) is 0 Å². The molecule has 0 saturated carbocycles. The number of nitrogens with two attached hydrogens (primary N) is 1. The number of benzene rings is 1. The number of nitrogens with one attached hydrogen (secondary N) is 1. The largest absolute Gasteiger partial charge is 0.573 e. The minimum absolute atomic E-state index is 0.260. The molecular formula is C12H11F3N2OS. The molecule has 1 heterocycles. The lowest BCUT2D eigenvalue weighted by atomic mass is 10.0. The fraction of sp³-hybridized carbons (Fsp3) is 0.167. The molecule has 0 amide bonds. The summed E-state index contributed by atoms with van der Waals surface area (Å²) in [6.07, 6.45) is -4.73. The third kappa shape index (κ3) is 3.46. The van der Waals surface area contributed by atoms with E-state index in [-0.39, 0.29) is 5.75 Å². The number of ether oxygens (including phenoxy) is 1. The summed E-state index contributed by atoms with van der Waals surface area (Å²) in [4.78, 5) is 0. The number of thiophene rings is 1. The van der Waals surface area contributed by atoms with Crippen LogP contribution >= 0.6 is 11.3 Å². The van der Waals surface area contributed by atoms with Gasteiger partial charge < -0.3 is 4.74 Å². The van der Waals surface area contributed by atoms with Gasteiger partial charge in [-0.3, -0.25) is 5.84 Å². The highest BCUT2D eigenvalue weighted by atomic mass is 32.1. The summed E-state index contributed by atoms with van der Waals surface area (Å²) < 4.78 is 41.1. The predicted octanol–water partition coefficient (Wildman–Crippen LogP) is 3.20. The van der Waals surface area contributed by atoms with Crippen LogP contribution in [0.1, 0.15) is 17.2 Å². The maximum Gasteiger partial charge on any atom is 0.573 e. The Hall–Kier alpha value is -1.57. The minimum atomic E-state index is -4.73. The summed E-state index contributed by atoms with van der Waals surface area (Å²) in [7, 11) is 0. The fourth-order valence-corrected chi connectivity index (χ4v) is 2.43. The van der Waals surface area contributed by atoms with Gasteiger partial charge in [-0.1, -0.05) is 18.2 Å². The van der Waals surface area contributed by atoms with Crippen LogP contribution in [0.4, 0.5) is 13.2 Å². The van der Waals surface area contributed by atoms with E-state index in [1.165, 1.54) is 23.5 Å². The van der Waals surface area contributed by atoms with Crippen molar-refractivity contribution in [1.82, 2.24) is 5.43 Å². The maximum atomic E-state index is 12.4. The molecule has 0 spiro atoms. The number of hydrazine groups is 1.